The van der Waals surface area contributed by atoms with Crippen molar-refractivity contribution in [2.45, 2.75) is 20.0 Å². The molecule has 0 atom stereocenters. The first-order valence-electron chi connectivity index (χ1n) is 5.33. The van der Waals surface area contributed by atoms with Crippen molar-refractivity contribution in [2.75, 3.05) is 13.2 Å². The van der Waals surface area contributed by atoms with Gasteiger partial charge in [0, 0.05) is 0 Å². The number of rotatable bonds is 6. The van der Waals surface area contributed by atoms with Gasteiger partial charge in [0.1, 0.15) is 0 Å². The lowest BCUT2D eigenvalue weighted by Crippen LogP contribution is -1.99. The van der Waals surface area contributed by atoms with Gasteiger partial charge in [-0.15, -0.1) is 0 Å². The molecule has 0 heterocycles. The SMILES string of the molecule is CCOP(=O)(Cc1ccc(F)c(F)c1)OCC. The average Bonchev–Trinajstić information content (AvgIpc) is 2.24. The van der Waals surface area contributed by atoms with Crippen molar-refractivity contribution < 1.29 is 22.4 Å². The molecule has 3 nitrogen and oxygen atoms in total. The van der Waals surface area contributed by atoms with Crippen LogP contribution in [-0.4, -0.2) is 13.2 Å². The first kappa shape index (κ1) is 14.3. The maximum Gasteiger partial charge on any atom is 0.335 e. The fourth-order valence-corrected chi connectivity index (χ4v) is 3.07. The van der Waals surface area contributed by atoms with Crippen molar-refractivity contribution in [2.24, 2.45) is 0 Å². The van der Waals surface area contributed by atoms with Gasteiger partial charge in [-0.1, -0.05) is 6.07 Å². The molecule has 0 radical (unpaired) electrons. The highest BCUT2D eigenvalue weighted by molar-refractivity contribution is 7.53. The topological polar surface area (TPSA) is 35.5 Å². The van der Waals surface area contributed by atoms with Gasteiger partial charge < -0.3 is 9.05 Å². The van der Waals surface area contributed by atoms with Gasteiger partial charge in [0.15, 0.2) is 11.6 Å². The van der Waals surface area contributed by atoms with E-state index in [1.165, 1.54) is 6.07 Å². The molecule has 96 valence electrons. The maximum atomic E-state index is 13.0. The van der Waals surface area contributed by atoms with Crippen molar-refractivity contribution in [3.05, 3.63) is 35.4 Å². The number of hydrogen-bond donors (Lipinski definition) is 0. The molecule has 0 fully saturated rings. The van der Waals surface area contributed by atoms with E-state index in [1.54, 1.807) is 13.8 Å². The first-order valence-corrected chi connectivity index (χ1v) is 7.05. The molecule has 6 heteroatoms. The Bertz CT molecular complexity index is 413. The zero-order valence-electron chi connectivity index (χ0n) is 9.78. The van der Waals surface area contributed by atoms with Crippen molar-refractivity contribution >= 4 is 7.60 Å². The minimum atomic E-state index is -3.27. The van der Waals surface area contributed by atoms with Crippen molar-refractivity contribution in [1.82, 2.24) is 0 Å². The normalized spacial score (nSPS) is 11.8. The van der Waals surface area contributed by atoms with Crippen LogP contribution >= 0.6 is 7.60 Å². The fraction of sp³-hybridized carbons (Fsp3) is 0.455. The summed E-state index contributed by atoms with van der Waals surface area (Å²) in [5.41, 5.74) is 0.383. The third-order valence-corrected chi connectivity index (χ3v) is 4.07. The van der Waals surface area contributed by atoms with E-state index in [9.17, 15) is 13.3 Å². The highest BCUT2D eigenvalue weighted by Gasteiger charge is 2.24. The molecule has 1 rings (SSSR count). The number of halogens is 2. The Labute approximate surface area is 99.3 Å². The van der Waals surface area contributed by atoms with E-state index < -0.39 is 19.2 Å². The number of hydrogen-bond acceptors (Lipinski definition) is 3. The van der Waals surface area contributed by atoms with E-state index in [0.29, 0.717) is 5.56 Å². The fourth-order valence-electron chi connectivity index (χ4n) is 1.38. The number of benzene rings is 1. The standard InChI is InChI=1S/C11H15F2O3P/c1-3-15-17(14,16-4-2)8-9-5-6-10(12)11(13)7-9/h5-7H,3-4,8H2,1-2H3. The third-order valence-electron chi connectivity index (χ3n) is 2.01. The molecule has 0 aliphatic carbocycles. The summed E-state index contributed by atoms with van der Waals surface area (Å²) in [6.07, 6.45) is -0.0636. The van der Waals surface area contributed by atoms with Crippen LogP contribution < -0.4 is 0 Å². The summed E-state index contributed by atoms with van der Waals surface area (Å²) in [5, 5.41) is 0. The summed E-state index contributed by atoms with van der Waals surface area (Å²) < 4.78 is 47.9. The summed E-state index contributed by atoms with van der Waals surface area (Å²) in [7, 11) is -3.27. The molecule has 1 aromatic rings. The van der Waals surface area contributed by atoms with E-state index in [0.717, 1.165) is 12.1 Å². The van der Waals surface area contributed by atoms with Crippen LogP contribution in [0.3, 0.4) is 0 Å². The Kier molecular flexibility index (Phi) is 5.25. The summed E-state index contributed by atoms with van der Waals surface area (Å²) >= 11 is 0. The highest BCUT2D eigenvalue weighted by atomic mass is 31.2. The predicted octanol–water partition coefficient (Wildman–Crippen LogP) is 3.73. The van der Waals surface area contributed by atoms with E-state index in [2.05, 4.69) is 0 Å². The molecule has 0 amide bonds. The largest absolute Gasteiger partial charge is 0.335 e. The smallest absolute Gasteiger partial charge is 0.309 e. The molecule has 0 spiro atoms. The molecule has 0 aliphatic heterocycles. The molecule has 0 aliphatic rings. The minimum Gasteiger partial charge on any atom is -0.309 e. The van der Waals surface area contributed by atoms with Crippen LogP contribution in [0.25, 0.3) is 0 Å². The lowest BCUT2D eigenvalue weighted by Gasteiger charge is -2.16. The van der Waals surface area contributed by atoms with E-state index in [-0.39, 0.29) is 19.4 Å². The molecule has 0 bridgehead atoms. The zero-order chi connectivity index (χ0) is 12.9. The predicted molar refractivity (Wildman–Crippen MR) is 60.9 cm³/mol. The van der Waals surface area contributed by atoms with Crippen molar-refractivity contribution in [3.63, 3.8) is 0 Å². The molecule has 0 saturated carbocycles. The lowest BCUT2D eigenvalue weighted by molar-refractivity contribution is 0.219. The summed E-state index contributed by atoms with van der Waals surface area (Å²) in [6.45, 7) is 3.86. The third kappa shape index (κ3) is 4.19. The Morgan fingerprint density at radius 2 is 1.71 bits per heavy atom. The monoisotopic (exact) mass is 264 g/mol. The van der Waals surface area contributed by atoms with E-state index in [4.69, 9.17) is 9.05 Å². The molecule has 0 saturated heterocycles. The molecular formula is C11H15F2O3P. The molecule has 0 unspecified atom stereocenters. The molecule has 0 aromatic heterocycles. The second-order valence-electron chi connectivity index (χ2n) is 3.35. The van der Waals surface area contributed by atoms with Crippen molar-refractivity contribution in [3.8, 4) is 0 Å². The van der Waals surface area contributed by atoms with Crippen LogP contribution in [-0.2, 0) is 19.8 Å². The van der Waals surface area contributed by atoms with Crippen LogP contribution in [0.5, 0.6) is 0 Å². The van der Waals surface area contributed by atoms with Crippen molar-refractivity contribution in [1.29, 1.82) is 0 Å². The summed E-state index contributed by atoms with van der Waals surface area (Å²) in [4.78, 5) is 0. The van der Waals surface area contributed by atoms with Gasteiger partial charge >= 0.3 is 7.60 Å². The Morgan fingerprint density at radius 1 is 1.12 bits per heavy atom. The maximum absolute atomic E-state index is 13.0. The highest BCUT2D eigenvalue weighted by Crippen LogP contribution is 2.51. The van der Waals surface area contributed by atoms with Gasteiger partial charge in [-0.2, -0.15) is 0 Å². The Balaban J connectivity index is 2.86. The van der Waals surface area contributed by atoms with Gasteiger partial charge in [-0.25, -0.2) is 8.78 Å². The van der Waals surface area contributed by atoms with Gasteiger partial charge in [0.25, 0.3) is 0 Å². The Morgan fingerprint density at radius 3 is 2.18 bits per heavy atom. The lowest BCUT2D eigenvalue weighted by atomic mass is 10.2. The van der Waals surface area contributed by atoms with Gasteiger partial charge in [-0.3, -0.25) is 4.57 Å². The first-order chi connectivity index (χ1) is 8.00. The van der Waals surface area contributed by atoms with E-state index in [1.807, 2.05) is 0 Å². The van der Waals surface area contributed by atoms with Gasteiger partial charge in [0.05, 0.1) is 19.4 Å². The van der Waals surface area contributed by atoms with Crippen LogP contribution in [0.15, 0.2) is 18.2 Å². The van der Waals surface area contributed by atoms with Crippen LogP contribution in [0.1, 0.15) is 19.4 Å². The Hall–Kier alpha value is -0.770. The summed E-state index contributed by atoms with van der Waals surface area (Å²) in [5.74, 6) is -1.90. The molecule has 1 aromatic carbocycles. The minimum absolute atomic E-state index is 0.0636. The van der Waals surface area contributed by atoms with Crippen LogP contribution in [0.4, 0.5) is 8.78 Å². The van der Waals surface area contributed by atoms with Gasteiger partial charge in [-0.05, 0) is 31.5 Å². The zero-order valence-corrected chi connectivity index (χ0v) is 10.7. The summed E-state index contributed by atoms with van der Waals surface area (Å²) in [6, 6.07) is 3.36. The second kappa shape index (κ2) is 6.24. The van der Waals surface area contributed by atoms with E-state index >= 15 is 0 Å². The van der Waals surface area contributed by atoms with Crippen LogP contribution in [0, 0.1) is 11.6 Å². The van der Waals surface area contributed by atoms with Crippen LogP contribution in [0.2, 0.25) is 0 Å². The molecule has 0 N–H and O–H groups in total. The average molecular weight is 264 g/mol. The quantitative estimate of drug-likeness (QED) is 0.734. The second-order valence-corrected chi connectivity index (χ2v) is 5.41. The molecular weight excluding hydrogens is 249 g/mol. The molecule has 17 heavy (non-hydrogen) atoms. The van der Waals surface area contributed by atoms with Gasteiger partial charge in [0.2, 0.25) is 0 Å².